The van der Waals surface area contributed by atoms with E-state index in [2.05, 4.69) is 21.0 Å². The van der Waals surface area contributed by atoms with Gasteiger partial charge in [0.2, 0.25) is 0 Å². The third-order valence-corrected chi connectivity index (χ3v) is 5.13. The number of ether oxygens (including phenoxy) is 1. The predicted molar refractivity (Wildman–Crippen MR) is 103 cm³/mol. The molecule has 2 heterocycles. The molecule has 5 nitrogen and oxygen atoms in total. The zero-order chi connectivity index (χ0) is 18.1. The van der Waals surface area contributed by atoms with Gasteiger partial charge in [0.05, 0.1) is 13.7 Å². The summed E-state index contributed by atoms with van der Waals surface area (Å²) in [5.41, 5.74) is 3.56. The van der Waals surface area contributed by atoms with Gasteiger partial charge in [-0.25, -0.2) is 0 Å². The van der Waals surface area contributed by atoms with Crippen molar-refractivity contribution >= 4 is 21.8 Å². The lowest BCUT2D eigenvalue weighted by atomic mass is 10.0. The van der Waals surface area contributed by atoms with Gasteiger partial charge in [-0.15, -0.1) is 0 Å². The van der Waals surface area contributed by atoms with Gasteiger partial charge in [-0.3, -0.25) is 9.48 Å². The van der Waals surface area contributed by atoms with Crippen molar-refractivity contribution in [2.75, 3.05) is 13.7 Å². The number of carbonyl (C=O) groups is 1. The number of rotatable bonds is 4. The van der Waals surface area contributed by atoms with Crippen LogP contribution in [0.5, 0.6) is 5.75 Å². The minimum Gasteiger partial charge on any atom is -0.497 e. The standard InChI is InChI=1S/C20H18BrN3O2/c1-26-16-9-7-14(8-10-16)13-23-11-12-24-18(20(23)25)17(19(21)22-24)15-5-3-2-4-6-15/h2-10H,11-13H2,1H3. The summed E-state index contributed by atoms with van der Waals surface area (Å²) in [7, 11) is 1.65. The molecule has 0 fully saturated rings. The normalized spacial score (nSPS) is 13.6. The molecule has 0 bridgehead atoms. The van der Waals surface area contributed by atoms with Crippen LogP contribution in [-0.4, -0.2) is 34.2 Å². The van der Waals surface area contributed by atoms with Crippen LogP contribution in [0, 0.1) is 0 Å². The van der Waals surface area contributed by atoms with Crippen LogP contribution in [0.1, 0.15) is 16.1 Å². The highest BCUT2D eigenvalue weighted by Crippen LogP contribution is 2.33. The Kier molecular flexibility index (Phi) is 4.51. The third-order valence-electron chi connectivity index (χ3n) is 4.58. The van der Waals surface area contributed by atoms with Crippen LogP contribution in [0.15, 0.2) is 59.2 Å². The summed E-state index contributed by atoms with van der Waals surface area (Å²) >= 11 is 3.53. The highest BCUT2D eigenvalue weighted by molar-refractivity contribution is 9.10. The van der Waals surface area contributed by atoms with Crippen molar-refractivity contribution in [2.45, 2.75) is 13.1 Å². The summed E-state index contributed by atoms with van der Waals surface area (Å²) in [5.74, 6) is 0.816. The topological polar surface area (TPSA) is 47.4 Å². The van der Waals surface area contributed by atoms with Crippen molar-refractivity contribution < 1.29 is 9.53 Å². The van der Waals surface area contributed by atoms with Gasteiger partial charge in [-0.2, -0.15) is 5.10 Å². The van der Waals surface area contributed by atoms with Gasteiger partial charge in [0, 0.05) is 18.7 Å². The first-order chi connectivity index (χ1) is 12.7. The fraction of sp³-hybridized carbons (Fsp3) is 0.200. The number of nitrogens with zero attached hydrogens (tertiary/aromatic N) is 3. The lowest BCUT2D eigenvalue weighted by Crippen LogP contribution is -2.40. The fourth-order valence-corrected chi connectivity index (χ4v) is 3.85. The SMILES string of the molecule is COc1ccc(CN2CCn3nc(Br)c(-c4ccccc4)c3C2=O)cc1. The molecule has 0 N–H and O–H groups in total. The maximum absolute atomic E-state index is 13.2. The first-order valence-electron chi connectivity index (χ1n) is 8.41. The van der Waals surface area contributed by atoms with Gasteiger partial charge in [-0.1, -0.05) is 42.5 Å². The molecule has 0 spiro atoms. The van der Waals surface area contributed by atoms with E-state index in [9.17, 15) is 4.79 Å². The van der Waals surface area contributed by atoms with Crippen LogP contribution in [-0.2, 0) is 13.1 Å². The van der Waals surface area contributed by atoms with E-state index in [1.54, 1.807) is 11.8 Å². The van der Waals surface area contributed by atoms with Gasteiger partial charge in [-0.05, 0) is 39.2 Å². The summed E-state index contributed by atoms with van der Waals surface area (Å²) in [6, 6.07) is 17.7. The molecule has 3 aromatic rings. The van der Waals surface area contributed by atoms with Crippen LogP contribution in [0.4, 0.5) is 0 Å². The Bertz CT molecular complexity index is 936. The van der Waals surface area contributed by atoms with Gasteiger partial charge in [0.1, 0.15) is 16.0 Å². The van der Waals surface area contributed by atoms with Crippen molar-refractivity contribution in [3.8, 4) is 16.9 Å². The predicted octanol–water partition coefficient (Wildman–Crippen LogP) is 3.98. The van der Waals surface area contributed by atoms with E-state index in [0.717, 1.165) is 22.4 Å². The molecule has 1 aliphatic heterocycles. The average molecular weight is 412 g/mol. The monoisotopic (exact) mass is 411 g/mol. The maximum Gasteiger partial charge on any atom is 0.273 e. The van der Waals surface area contributed by atoms with E-state index in [4.69, 9.17) is 4.74 Å². The van der Waals surface area contributed by atoms with Gasteiger partial charge >= 0.3 is 0 Å². The largest absolute Gasteiger partial charge is 0.497 e. The molecule has 1 aromatic heterocycles. The van der Waals surface area contributed by atoms with Gasteiger partial charge in [0.15, 0.2) is 0 Å². The van der Waals surface area contributed by atoms with E-state index >= 15 is 0 Å². The molecule has 2 aromatic carbocycles. The van der Waals surface area contributed by atoms with Crippen molar-refractivity contribution in [3.63, 3.8) is 0 Å². The molecule has 0 atom stereocenters. The number of methoxy groups -OCH3 is 1. The minimum absolute atomic E-state index is 0.00382. The summed E-state index contributed by atoms with van der Waals surface area (Å²) in [5, 5.41) is 4.51. The second-order valence-corrected chi connectivity index (χ2v) is 6.93. The summed E-state index contributed by atoms with van der Waals surface area (Å²) in [4.78, 5) is 15.0. The molecule has 1 amide bonds. The lowest BCUT2D eigenvalue weighted by molar-refractivity contribution is 0.0684. The number of halogens is 1. The highest BCUT2D eigenvalue weighted by atomic mass is 79.9. The average Bonchev–Trinajstić information content (AvgIpc) is 3.02. The zero-order valence-electron chi connectivity index (χ0n) is 14.4. The van der Waals surface area contributed by atoms with Crippen LogP contribution in [0.25, 0.3) is 11.1 Å². The zero-order valence-corrected chi connectivity index (χ0v) is 15.9. The second-order valence-electron chi connectivity index (χ2n) is 6.18. The number of hydrogen-bond acceptors (Lipinski definition) is 3. The van der Waals surface area contributed by atoms with Gasteiger partial charge < -0.3 is 9.64 Å². The Morgan fingerprint density at radius 2 is 1.81 bits per heavy atom. The number of hydrogen-bond donors (Lipinski definition) is 0. The quantitative estimate of drug-likeness (QED) is 0.652. The van der Waals surface area contributed by atoms with Crippen LogP contribution < -0.4 is 4.74 Å². The van der Waals surface area contributed by atoms with Crippen LogP contribution >= 0.6 is 15.9 Å². The van der Waals surface area contributed by atoms with Crippen molar-refractivity contribution in [2.24, 2.45) is 0 Å². The highest BCUT2D eigenvalue weighted by Gasteiger charge is 2.31. The smallest absolute Gasteiger partial charge is 0.273 e. The number of amides is 1. The fourth-order valence-electron chi connectivity index (χ4n) is 3.24. The van der Waals surface area contributed by atoms with E-state index in [1.807, 2.05) is 59.5 Å². The van der Waals surface area contributed by atoms with Crippen LogP contribution in [0.3, 0.4) is 0 Å². The summed E-state index contributed by atoms with van der Waals surface area (Å²) in [6.07, 6.45) is 0. The minimum atomic E-state index is 0.00382. The second kappa shape index (κ2) is 6.96. The molecule has 1 aliphatic rings. The molecular weight excluding hydrogens is 394 g/mol. The number of fused-ring (bicyclic) bond motifs is 1. The number of carbonyl (C=O) groups excluding carboxylic acids is 1. The maximum atomic E-state index is 13.2. The molecule has 0 saturated heterocycles. The third kappa shape index (κ3) is 3.01. The first kappa shape index (κ1) is 16.8. The molecule has 0 saturated carbocycles. The van der Waals surface area contributed by atoms with Crippen molar-refractivity contribution in [1.29, 1.82) is 0 Å². The van der Waals surface area contributed by atoms with Crippen LogP contribution in [0.2, 0.25) is 0 Å². The van der Waals surface area contributed by atoms with Crippen molar-refractivity contribution in [1.82, 2.24) is 14.7 Å². The molecule has 26 heavy (non-hydrogen) atoms. The number of aromatic nitrogens is 2. The molecule has 4 rings (SSSR count). The van der Waals surface area contributed by atoms with E-state index in [1.165, 1.54) is 0 Å². The lowest BCUT2D eigenvalue weighted by Gasteiger charge is -2.28. The summed E-state index contributed by atoms with van der Waals surface area (Å²) in [6.45, 7) is 1.89. The molecule has 132 valence electrons. The molecule has 6 heteroatoms. The molecular formula is C20H18BrN3O2. The number of benzene rings is 2. The Labute approximate surface area is 160 Å². The van der Waals surface area contributed by atoms with Gasteiger partial charge in [0.25, 0.3) is 5.91 Å². The Morgan fingerprint density at radius 1 is 1.08 bits per heavy atom. The summed E-state index contributed by atoms with van der Waals surface area (Å²) < 4.78 is 7.71. The van der Waals surface area contributed by atoms with E-state index in [-0.39, 0.29) is 5.91 Å². The Hall–Kier alpha value is -2.60. The Morgan fingerprint density at radius 3 is 2.50 bits per heavy atom. The Balaban J connectivity index is 1.65. The van der Waals surface area contributed by atoms with E-state index in [0.29, 0.717) is 29.9 Å². The molecule has 0 radical (unpaired) electrons. The molecule has 0 unspecified atom stereocenters. The first-order valence-corrected chi connectivity index (χ1v) is 9.20. The van der Waals surface area contributed by atoms with E-state index < -0.39 is 0 Å². The molecule has 0 aliphatic carbocycles. The van der Waals surface area contributed by atoms with Crippen molar-refractivity contribution in [3.05, 3.63) is 70.5 Å².